The van der Waals surface area contributed by atoms with Crippen molar-refractivity contribution in [3.8, 4) is 0 Å². The lowest BCUT2D eigenvalue weighted by Crippen LogP contribution is -2.19. The Morgan fingerprint density at radius 3 is 2.50 bits per heavy atom. The first kappa shape index (κ1) is 20.3. The number of anilines is 2. The molecular formula is C20H21FN4OS2. The second-order valence-electron chi connectivity index (χ2n) is 6.55. The van der Waals surface area contributed by atoms with E-state index in [1.165, 1.54) is 35.2 Å². The number of nitrogens with zero attached hydrogens (tertiary/aromatic N) is 2. The van der Waals surface area contributed by atoms with Gasteiger partial charge in [-0.2, -0.15) is 0 Å². The monoisotopic (exact) mass is 416 g/mol. The third-order valence-electron chi connectivity index (χ3n) is 3.74. The van der Waals surface area contributed by atoms with Crippen molar-refractivity contribution >= 4 is 39.8 Å². The zero-order chi connectivity index (χ0) is 19.9. The molecule has 0 spiro atoms. The van der Waals surface area contributed by atoms with Crippen LogP contribution >= 0.6 is 23.1 Å². The van der Waals surface area contributed by atoms with Gasteiger partial charge in [0, 0.05) is 12.2 Å². The highest BCUT2D eigenvalue weighted by atomic mass is 32.2. The van der Waals surface area contributed by atoms with E-state index in [-0.39, 0.29) is 11.7 Å². The van der Waals surface area contributed by atoms with Crippen LogP contribution in [0.15, 0.2) is 58.9 Å². The molecule has 0 fully saturated rings. The molecule has 0 bridgehead atoms. The van der Waals surface area contributed by atoms with Crippen LogP contribution in [0, 0.1) is 11.7 Å². The maximum atomic E-state index is 13.1. The highest BCUT2D eigenvalue weighted by Gasteiger charge is 2.24. The van der Waals surface area contributed by atoms with Crippen LogP contribution in [0.2, 0.25) is 0 Å². The number of nitrogens with one attached hydrogen (secondary N) is 2. The molecule has 8 heteroatoms. The number of hydrogen-bond acceptors (Lipinski definition) is 6. The third-order valence-corrected chi connectivity index (χ3v) is 5.96. The van der Waals surface area contributed by atoms with E-state index in [0.29, 0.717) is 15.9 Å². The molecule has 146 valence electrons. The number of hydrogen-bond donors (Lipinski definition) is 2. The summed E-state index contributed by atoms with van der Waals surface area (Å²) in [5, 5.41) is 14.7. The fourth-order valence-electron chi connectivity index (χ4n) is 2.36. The lowest BCUT2D eigenvalue weighted by atomic mass is 10.1. The van der Waals surface area contributed by atoms with Gasteiger partial charge in [0.15, 0.2) is 4.34 Å². The first-order valence-electron chi connectivity index (χ1n) is 8.86. The fraction of sp³-hybridized carbons (Fsp3) is 0.250. The van der Waals surface area contributed by atoms with Crippen LogP contribution in [0.4, 0.5) is 15.2 Å². The number of amides is 1. The molecule has 1 heterocycles. The van der Waals surface area contributed by atoms with E-state index in [1.54, 1.807) is 12.1 Å². The summed E-state index contributed by atoms with van der Waals surface area (Å²) in [6.07, 6.45) is 0. The van der Waals surface area contributed by atoms with Crippen molar-refractivity contribution in [1.82, 2.24) is 10.2 Å². The van der Waals surface area contributed by atoms with Gasteiger partial charge in [-0.25, -0.2) is 4.39 Å². The molecule has 5 nitrogen and oxygen atoms in total. The number of carbonyl (C=O) groups is 1. The average molecular weight is 417 g/mol. The van der Waals surface area contributed by atoms with Gasteiger partial charge >= 0.3 is 0 Å². The predicted octanol–water partition coefficient (Wildman–Crippen LogP) is 5.22. The van der Waals surface area contributed by atoms with Crippen LogP contribution in [-0.4, -0.2) is 22.6 Å². The normalized spacial score (nSPS) is 12.0. The van der Waals surface area contributed by atoms with E-state index in [0.717, 1.165) is 17.2 Å². The van der Waals surface area contributed by atoms with E-state index in [1.807, 2.05) is 30.3 Å². The number of halogens is 1. The van der Waals surface area contributed by atoms with E-state index < -0.39 is 5.25 Å². The number of benzene rings is 2. The van der Waals surface area contributed by atoms with Crippen molar-refractivity contribution in [3.05, 3.63) is 66.0 Å². The molecule has 0 saturated carbocycles. The molecule has 3 aromatic rings. The first-order chi connectivity index (χ1) is 13.5. The summed E-state index contributed by atoms with van der Waals surface area (Å²) in [6, 6.07) is 15.2. The molecule has 1 atom stereocenters. The molecule has 2 N–H and O–H groups in total. The van der Waals surface area contributed by atoms with Gasteiger partial charge in [0.1, 0.15) is 11.1 Å². The topological polar surface area (TPSA) is 66.9 Å². The van der Waals surface area contributed by atoms with Crippen molar-refractivity contribution < 1.29 is 9.18 Å². The third kappa shape index (κ3) is 5.77. The molecule has 28 heavy (non-hydrogen) atoms. The van der Waals surface area contributed by atoms with Crippen LogP contribution in [0.25, 0.3) is 0 Å². The van der Waals surface area contributed by atoms with Crippen molar-refractivity contribution in [2.75, 3.05) is 17.2 Å². The fourth-order valence-corrected chi connectivity index (χ4v) is 4.31. The Labute approximate surface area is 171 Å². The Hall–Kier alpha value is -2.45. The number of carbonyl (C=O) groups excluding carboxylic acids is 1. The second kappa shape index (κ2) is 9.66. The summed E-state index contributed by atoms with van der Waals surface area (Å²) in [5.41, 5.74) is 1.41. The smallest absolute Gasteiger partial charge is 0.242 e. The quantitative estimate of drug-likeness (QED) is 0.493. The molecule has 2 aromatic carbocycles. The van der Waals surface area contributed by atoms with Gasteiger partial charge in [0.25, 0.3) is 0 Å². The van der Waals surface area contributed by atoms with Crippen molar-refractivity contribution in [3.63, 3.8) is 0 Å². The van der Waals surface area contributed by atoms with Gasteiger partial charge < -0.3 is 10.6 Å². The molecule has 1 amide bonds. The maximum absolute atomic E-state index is 13.1. The van der Waals surface area contributed by atoms with Gasteiger partial charge in [-0.05, 0) is 35.7 Å². The van der Waals surface area contributed by atoms with Crippen molar-refractivity contribution in [2.24, 2.45) is 5.92 Å². The highest BCUT2D eigenvalue weighted by Crippen LogP contribution is 2.38. The predicted molar refractivity (Wildman–Crippen MR) is 113 cm³/mol. The van der Waals surface area contributed by atoms with Crippen LogP contribution in [-0.2, 0) is 4.79 Å². The van der Waals surface area contributed by atoms with E-state index in [4.69, 9.17) is 0 Å². The standard InChI is InChI=1S/C20H21FN4OS2/c1-13(2)12-22-19-24-25-20(28-19)27-17(14-6-4-3-5-7-14)18(26)23-16-10-8-15(21)9-11-16/h3-11,13,17H,12H2,1-2H3,(H,22,24)(H,23,26)/t17-/m0/s1. The summed E-state index contributed by atoms with van der Waals surface area (Å²) in [5.74, 6) is -0.0458. The summed E-state index contributed by atoms with van der Waals surface area (Å²) in [4.78, 5) is 12.9. The number of thioether (sulfide) groups is 1. The van der Waals surface area contributed by atoms with E-state index in [9.17, 15) is 9.18 Å². The largest absolute Gasteiger partial charge is 0.360 e. The summed E-state index contributed by atoms with van der Waals surface area (Å²) in [7, 11) is 0. The Kier molecular flexibility index (Phi) is 7.00. The van der Waals surface area contributed by atoms with Crippen LogP contribution in [0.5, 0.6) is 0 Å². The minimum atomic E-state index is -0.503. The zero-order valence-electron chi connectivity index (χ0n) is 15.6. The van der Waals surface area contributed by atoms with Gasteiger partial charge in [0.2, 0.25) is 11.0 Å². The zero-order valence-corrected chi connectivity index (χ0v) is 17.2. The summed E-state index contributed by atoms with van der Waals surface area (Å²) in [6.45, 7) is 5.05. The van der Waals surface area contributed by atoms with E-state index in [2.05, 4.69) is 34.7 Å². The highest BCUT2D eigenvalue weighted by molar-refractivity contribution is 8.02. The van der Waals surface area contributed by atoms with Gasteiger partial charge in [-0.1, -0.05) is 67.3 Å². The molecule has 0 unspecified atom stereocenters. The SMILES string of the molecule is CC(C)CNc1nnc(S[C@H](C(=O)Nc2ccc(F)cc2)c2ccccc2)s1. The first-order valence-corrected chi connectivity index (χ1v) is 10.6. The van der Waals surface area contributed by atoms with Crippen LogP contribution < -0.4 is 10.6 Å². The molecule has 0 aliphatic heterocycles. The molecule has 0 saturated heterocycles. The number of aromatic nitrogens is 2. The maximum Gasteiger partial charge on any atom is 0.242 e. The molecule has 0 aliphatic carbocycles. The van der Waals surface area contributed by atoms with Crippen molar-refractivity contribution in [1.29, 1.82) is 0 Å². The molecular weight excluding hydrogens is 395 g/mol. The Balaban J connectivity index is 1.76. The Bertz CT molecular complexity index is 900. The molecule has 0 aliphatic rings. The van der Waals surface area contributed by atoms with Gasteiger partial charge in [0.05, 0.1) is 0 Å². The minimum absolute atomic E-state index is 0.199. The van der Waals surface area contributed by atoms with E-state index >= 15 is 0 Å². The van der Waals surface area contributed by atoms with Crippen LogP contribution in [0.1, 0.15) is 24.7 Å². The number of rotatable bonds is 8. The second-order valence-corrected chi connectivity index (χ2v) is 8.88. The molecule has 3 rings (SSSR count). The molecule has 0 radical (unpaired) electrons. The van der Waals surface area contributed by atoms with Crippen molar-refractivity contribution in [2.45, 2.75) is 23.4 Å². The molecule has 1 aromatic heterocycles. The van der Waals surface area contributed by atoms with Gasteiger partial charge in [-0.15, -0.1) is 10.2 Å². The van der Waals surface area contributed by atoms with Gasteiger partial charge in [-0.3, -0.25) is 4.79 Å². The average Bonchev–Trinajstić information content (AvgIpc) is 3.14. The summed E-state index contributed by atoms with van der Waals surface area (Å²) >= 11 is 2.77. The van der Waals surface area contributed by atoms with Crippen LogP contribution in [0.3, 0.4) is 0 Å². The Morgan fingerprint density at radius 1 is 1.11 bits per heavy atom. The summed E-state index contributed by atoms with van der Waals surface area (Å²) < 4.78 is 13.8. The Morgan fingerprint density at radius 2 is 1.82 bits per heavy atom. The lowest BCUT2D eigenvalue weighted by Gasteiger charge is -2.15. The minimum Gasteiger partial charge on any atom is -0.360 e. The lowest BCUT2D eigenvalue weighted by molar-refractivity contribution is -0.115.